The molecule has 94 valence electrons. The molecule has 0 aliphatic heterocycles. The molecule has 0 atom stereocenters. The Morgan fingerprint density at radius 3 is 2.05 bits per heavy atom. The van der Waals surface area contributed by atoms with Gasteiger partial charge in [0.2, 0.25) is 0 Å². The Morgan fingerprint density at radius 2 is 1.32 bits per heavy atom. The van der Waals surface area contributed by atoms with Crippen LogP contribution < -0.4 is 17.7 Å². The summed E-state index contributed by atoms with van der Waals surface area (Å²) in [5, 5.41) is 5.84. The molecule has 1 N–H and O–H groups in total. The van der Waals surface area contributed by atoms with Gasteiger partial charge >= 0.3 is 0 Å². The zero-order valence-electron chi connectivity index (χ0n) is 10.4. The predicted octanol–water partition coefficient (Wildman–Crippen LogP) is 1.77. The van der Waals surface area contributed by atoms with Gasteiger partial charge in [0, 0.05) is 30.8 Å². The minimum absolute atomic E-state index is 0. The van der Waals surface area contributed by atoms with Gasteiger partial charge in [0.05, 0.1) is 16.5 Å². The van der Waals surface area contributed by atoms with E-state index in [9.17, 15) is 0 Å². The third kappa shape index (κ3) is 2.67. The lowest BCUT2D eigenvalue weighted by atomic mass is 10.0. The van der Waals surface area contributed by atoms with Crippen LogP contribution in [0.15, 0.2) is 66.7 Å². The highest BCUT2D eigenvalue weighted by Gasteiger charge is 2.09. The van der Waals surface area contributed by atoms with Crippen molar-refractivity contribution in [1.82, 2.24) is 0 Å². The van der Waals surface area contributed by atoms with Gasteiger partial charge in [-0.2, -0.15) is 0 Å². The van der Waals surface area contributed by atoms with Crippen LogP contribution >= 0.6 is 0 Å². The van der Waals surface area contributed by atoms with Crippen LogP contribution in [0.25, 0.3) is 10.8 Å². The second kappa shape index (κ2) is 5.68. The molecular weight excluding hydrogens is 254 g/mol. The molecule has 0 unspecified atom stereocenters. The second-order valence-electron chi connectivity index (χ2n) is 4.31. The summed E-state index contributed by atoms with van der Waals surface area (Å²) in [5.41, 5.74) is 3.27. The smallest absolute Gasteiger partial charge is 0.135 e. The van der Waals surface area contributed by atoms with Gasteiger partial charge in [0.25, 0.3) is 0 Å². The van der Waals surface area contributed by atoms with E-state index in [-0.39, 0.29) is 12.4 Å². The Balaban J connectivity index is 0.00000133. The maximum atomic E-state index is 4.07. The minimum atomic E-state index is 0. The lowest BCUT2D eigenvalue weighted by molar-refractivity contribution is -0.00000344. The molecule has 0 aliphatic rings. The largest absolute Gasteiger partial charge is 1.00 e. The molecule has 3 aromatic carbocycles. The molecule has 0 aliphatic carbocycles. The van der Waals surface area contributed by atoms with E-state index in [4.69, 9.17) is 0 Å². The summed E-state index contributed by atoms with van der Waals surface area (Å²) in [6.07, 6.45) is 0. The number of fused-ring (bicyclic) bond motifs is 1. The van der Waals surface area contributed by atoms with Gasteiger partial charge in [-0.3, -0.25) is 0 Å². The van der Waals surface area contributed by atoms with Gasteiger partial charge in [-0.1, -0.05) is 24.3 Å². The van der Waals surface area contributed by atoms with Gasteiger partial charge < -0.3 is 17.7 Å². The molecule has 1 nitrogen and oxygen atoms in total. The average Bonchev–Trinajstić information content (AvgIpc) is 2.44. The highest BCUT2D eigenvalue weighted by Crippen LogP contribution is 2.28. The Hall–Kier alpha value is -2.12. The highest BCUT2D eigenvalue weighted by atomic mass is 35.5. The number of rotatable bonds is 2. The fourth-order valence-corrected chi connectivity index (χ4v) is 2.15. The number of hydrogen-bond acceptors (Lipinski definition) is 1. The summed E-state index contributed by atoms with van der Waals surface area (Å²) in [7, 11) is 0. The van der Waals surface area contributed by atoms with Gasteiger partial charge in [-0.05, 0) is 24.3 Å². The van der Waals surface area contributed by atoms with Crippen molar-refractivity contribution in [3.63, 3.8) is 0 Å². The predicted molar refractivity (Wildman–Crippen MR) is 78.1 cm³/mol. The van der Waals surface area contributed by atoms with Crippen LogP contribution in [0.5, 0.6) is 0 Å². The van der Waals surface area contributed by atoms with Gasteiger partial charge in [0.15, 0.2) is 0 Å². The Morgan fingerprint density at radius 1 is 0.684 bits per heavy atom. The van der Waals surface area contributed by atoms with Crippen LogP contribution in [0, 0.1) is 6.92 Å². The normalized spacial score (nSPS) is 9.89. The number of nitrogens with one attached hydrogen (secondary N) is 1. The molecule has 0 heterocycles. The molecular formula is C17H14ClN. The molecule has 0 aromatic heterocycles. The quantitative estimate of drug-likeness (QED) is 0.698. The SMILES string of the molecule is [CH2+]c1ccc(Nc2ccccc2)c2ccccc12.[Cl-]. The topological polar surface area (TPSA) is 12.0 Å². The molecule has 3 rings (SSSR count). The molecule has 0 spiro atoms. The van der Waals surface area contributed by atoms with Crippen LogP contribution in [-0.4, -0.2) is 0 Å². The number of halogens is 1. The molecule has 0 amide bonds. The van der Waals surface area contributed by atoms with Crippen molar-refractivity contribution in [2.75, 3.05) is 5.32 Å². The fourth-order valence-electron chi connectivity index (χ4n) is 2.15. The molecule has 0 bridgehead atoms. The van der Waals surface area contributed by atoms with Crippen molar-refractivity contribution in [3.8, 4) is 0 Å². The first-order valence-electron chi connectivity index (χ1n) is 6.00. The standard InChI is InChI=1S/C17H14N.ClH/c1-13-11-12-17(16-10-6-5-9-15(13)16)18-14-7-3-2-4-8-14;/h2-12,18H,1H2;1H/q+1;/p-1. The lowest BCUT2D eigenvalue weighted by Crippen LogP contribution is -3.00. The van der Waals surface area contributed by atoms with Gasteiger partial charge in [0.1, 0.15) is 5.56 Å². The van der Waals surface area contributed by atoms with Crippen LogP contribution in [0.4, 0.5) is 11.4 Å². The Bertz CT molecular complexity index is 677. The van der Waals surface area contributed by atoms with E-state index >= 15 is 0 Å². The first-order chi connectivity index (χ1) is 8.84. The monoisotopic (exact) mass is 267 g/mol. The Kier molecular flexibility index (Phi) is 3.98. The zero-order chi connectivity index (χ0) is 12.4. The number of para-hydroxylation sites is 1. The van der Waals surface area contributed by atoms with Crippen LogP contribution in [-0.2, 0) is 0 Å². The van der Waals surface area contributed by atoms with Crippen molar-refractivity contribution in [3.05, 3.63) is 79.2 Å². The van der Waals surface area contributed by atoms with Crippen molar-refractivity contribution >= 4 is 22.1 Å². The van der Waals surface area contributed by atoms with E-state index in [1.54, 1.807) is 0 Å². The first kappa shape index (κ1) is 13.3. The third-order valence-electron chi connectivity index (χ3n) is 3.07. The van der Waals surface area contributed by atoms with E-state index in [1.165, 1.54) is 10.8 Å². The zero-order valence-corrected chi connectivity index (χ0v) is 11.2. The van der Waals surface area contributed by atoms with Gasteiger partial charge in [-0.15, -0.1) is 0 Å². The maximum absolute atomic E-state index is 4.07. The molecule has 2 heteroatoms. The van der Waals surface area contributed by atoms with E-state index in [0.29, 0.717) is 0 Å². The average molecular weight is 268 g/mol. The molecule has 0 radical (unpaired) electrons. The summed E-state index contributed by atoms with van der Waals surface area (Å²) >= 11 is 0. The van der Waals surface area contributed by atoms with Crippen LogP contribution in [0.1, 0.15) is 5.56 Å². The summed E-state index contributed by atoms with van der Waals surface area (Å²) in [6, 6.07) is 22.7. The Labute approximate surface area is 119 Å². The van der Waals surface area contributed by atoms with Crippen molar-refractivity contribution in [2.24, 2.45) is 0 Å². The maximum Gasteiger partial charge on any atom is 0.135 e. The molecule has 0 saturated heterocycles. The number of hydrogen-bond donors (Lipinski definition) is 1. The highest BCUT2D eigenvalue weighted by molar-refractivity contribution is 5.97. The minimum Gasteiger partial charge on any atom is -1.00 e. The number of anilines is 2. The van der Waals surface area contributed by atoms with E-state index < -0.39 is 0 Å². The van der Waals surface area contributed by atoms with Crippen molar-refractivity contribution in [1.29, 1.82) is 0 Å². The summed E-state index contributed by atoms with van der Waals surface area (Å²) in [4.78, 5) is 0. The molecule has 19 heavy (non-hydrogen) atoms. The molecule has 0 fully saturated rings. The van der Waals surface area contributed by atoms with E-state index in [2.05, 4.69) is 48.6 Å². The van der Waals surface area contributed by atoms with E-state index in [0.717, 1.165) is 16.9 Å². The second-order valence-corrected chi connectivity index (χ2v) is 4.31. The molecule has 3 aromatic rings. The summed E-state index contributed by atoms with van der Waals surface area (Å²) < 4.78 is 0. The van der Waals surface area contributed by atoms with Crippen LogP contribution in [0.3, 0.4) is 0 Å². The summed E-state index contributed by atoms with van der Waals surface area (Å²) in [6.45, 7) is 4.07. The van der Waals surface area contributed by atoms with E-state index in [1.807, 2.05) is 30.3 Å². The third-order valence-corrected chi connectivity index (χ3v) is 3.07. The summed E-state index contributed by atoms with van der Waals surface area (Å²) in [5.74, 6) is 0. The number of benzene rings is 3. The van der Waals surface area contributed by atoms with Gasteiger partial charge in [-0.25, -0.2) is 0 Å². The van der Waals surface area contributed by atoms with Crippen LogP contribution in [0.2, 0.25) is 0 Å². The fraction of sp³-hybridized carbons (Fsp3) is 0. The van der Waals surface area contributed by atoms with Crippen molar-refractivity contribution in [2.45, 2.75) is 0 Å². The molecule has 0 saturated carbocycles. The lowest BCUT2D eigenvalue weighted by Gasteiger charge is -2.07. The first-order valence-corrected chi connectivity index (χ1v) is 6.00. The van der Waals surface area contributed by atoms with Crippen molar-refractivity contribution < 1.29 is 12.4 Å².